The van der Waals surface area contributed by atoms with Gasteiger partial charge in [0, 0.05) is 25.2 Å². The van der Waals surface area contributed by atoms with Gasteiger partial charge in [0.1, 0.15) is 0 Å². The number of anilines is 1. The van der Waals surface area contributed by atoms with Crippen molar-refractivity contribution in [2.24, 2.45) is 5.92 Å². The molecule has 0 unspecified atom stereocenters. The Bertz CT molecular complexity index is 427. The van der Waals surface area contributed by atoms with E-state index in [9.17, 15) is 13.2 Å². The number of hydrogen-bond donors (Lipinski definition) is 0. The van der Waals surface area contributed by atoms with Crippen molar-refractivity contribution in [3.63, 3.8) is 0 Å². The van der Waals surface area contributed by atoms with Gasteiger partial charge in [0.05, 0.1) is 5.56 Å². The van der Waals surface area contributed by atoms with Crippen LogP contribution in [0.5, 0.6) is 0 Å². The second-order valence-corrected chi connectivity index (χ2v) is 5.07. The Morgan fingerprint density at radius 3 is 2.50 bits per heavy atom. The molecule has 0 spiro atoms. The predicted molar refractivity (Wildman–Crippen MR) is 67.0 cm³/mol. The van der Waals surface area contributed by atoms with Crippen molar-refractivity contribution in [1.29, 1.82) is 0 Å². The summed E-state index contributed by atoms with van der Waals surface area (Å²) in [5.74, 6) is 0.638. The standard InChI is InChI=1S/C13H15ClF3N/c1-18(8-9-2-3-9)12-5-4-10(7-14)6-11(12)13(15,16)17/h4-6,9H,2-3,7-8H2,1H3. The topological polar surface area (TPSA) is 3.24 Å². The van der Waals surface area contributed by atoms with E-state index in [2.05, 4.69) is 0 Å². The molecule has 1 aliphatic carbocycles. The molecule has 1 saturated carbocycles. The minimum atomic E-state index is -4.34. The number of nitrogens with zero attached hydrogens (tertiary/aromatic N) is 1. The Kier molecular flexibility index (Phi) is 3.76. The molecule has 1 aliphatic rings. The van der Waals surface area contributed by atoms with E-state index in [0.717, 1.165) is 18.9 Å². The van der Waals surface area contributed by atoms with E-state index < -0.39 is 11.7 Å². The summed E-state index contributed by atoms with van der Waals surface area (Å²) in [6, 6.07) is 4.32. The van der Waals surface area contributed by atoms with Gasteiger partial charge in [0.25, 0.3) is 0 Å². The van der Waals surface area contributed by atoms with Crippen molar-refractivity contribution in [3.8, 4) is 0 Å². The number of hydrogen-bond acceptors (Lipinski definition) is 1. The number of alkyl halides is 4. The van der Waals surface area contributed by atoms with Gasteiger partial charge in [0.15, 0.2) is 0 Å². The molecule has 1 fully saturated rings. The van der Waals surface area contributed by atoms with E-state index in [-0.39, 0.29) is 11.6 Å². The first-order valence-electron chi connectivity index (χ1n) is 5.89. The van der Waals surface area contributed by atoms with E-state index in [1.54, 1.807) is 18.0 Å². The van der Waals surface area contributed by atoms with Crippen molar-refractivity contribution in [2.45, 2.75) is 24.9 Å². The van der Waals surface area contributed by atoms with Crippen molar-refractivity contribution in [1.82, 2.24) is 0 Å². The van der Waals surface area contributed by atoms with Crippen LogP contribution in [0.2, 0.25) is 0 Å². The fraction of sp³-hybridized carbons (Fsp3) is 0.538. The van der Waals surface area contributed by atoms with Crippen LogP contribution in [0.1, 0.15) is 24.0 Å². The molecule has 0 bridgehead atoms. The van der Waals surface area contributed by atoms with Crippen LogP contribution in [-0.4, -0.2) is 13.6 Å². The lowest BCUT2D eigenvalue weighted by Gasteiger charge is -2.24. The molecule has 100 valence electrons. The molecule has 5 heteroatoms. The fourth-order valence-electron chi connectivity index (χ4n) is 2.01. The maximum Gasteiger partial charge on any atom is 0.418 e. The van der Waals surface area contributed by atoms with Gasteiger partial charge in [-0.3, -0.25) is 0 Å². The lowest BCUT2D eigenvalue weighted by molar-refractivity contribution is -0.137. The summed E-state index contributed by atoms with van der Waals surface area (Å²) in [4.78, 5) is 1.69. The largest absolute Gasteiger partial charge is 0.418 e. The average molecular weight is 278 g/mol. The van der Waals surface area contributed by atoms with E-state index >= 15 is 0 Å². The highest BCUT2D eigenvalue weighted by molar-refractivity contribution is 6.17. The Balaban J connectivity index is 2.31. The summed E-state index contributed by atoms with van der Waals surface area (Å²) in [5, 5.41) is 0. The van der Waals surface area contributed by atoms with Crippen molar-refractivity contribution in [3.05, 3.63) is 29.3 Å². The van der Waals surface area contributed by atoms with Gasteiger partial charge < -0.3 is 4.90 Å². The van der Waals surface area contributed by atoms with Gasteiger partial charge in [-0.25, -0.2) is 0 Å². The molecule has 0 saturated heterocycles. The average Bonchev–Trinajstić information content (AvgIpc) is 3.11. The van der Waals surface area contributed by atoms with Gasteiger partial charge >= 0.3 is 6.18 Å². The molecule has 0 N–H and O–H groups in total. The first kappa shape index (κ1) is 13.5. The highest BCUT2D eigenvalue weighted by atomic mass is 35.5. The molecule has 0 aliphatic heterocycles. The van der Waals surface area contributed by atoms with Crippen molar-refractivity contribution in [2.75, 3.05) is 18.5 Å². The Morgan fingerprint density at radius 2 is 2.00 bits per heavy atom. The monoisotopic (exact) mass is 277 g/mol. The quantitative estimate of drug-likeness (QED) is 0.742. The molecule has 2 rings (SSSR count). The highest BCUT2D eigenvalue weighted by Gasteiger charge is 2.35. The van der Waals surface area contributed by atoms with E-state index in [4.69, 9.17) is 11.6 Å². The van der Waals surface area contributed by atoms with Crippen molar-refractivity contribution >= 4 is 17.3 Å². The lowest BCUT2D eigenvalue weighted by atomic mass is 10.1. The number of halogens is 4. The molecule has 0 atom stereocenters. The predicted octanol–water partition coefficient (Wildman–Crippen LogP) is 4.29. The van der Waals surface area contributed by atoms with Crippen LogP contribution in [0.15, 0.2) is 18.2 Å². The minimum absolute atomic E-state index is 0.0930. The SMILES string of the molecule is CN(CC1CC1)c1ccc(CCl)cc1C(F)(F)F. The summed E-state index contributed by atoms with van der Waals surface area (Å²) in [7, 11) is 1.71. The Hall–Kier alpha value is -0.900. The molecule has 0 radical (unpaired) electrons. The van der Waals surface area contributed by atoms with E-state index in [1.807, 2.05) is 0 Å². The van der Waals surface area contributed by atoms with Gasteiger partial charge in [-0.05, 0) is 36.5 Å². The maximum absolute atomic E-state index is 13.0. The van der Waals surface area contributed by atoms with Crippen LogP contribution >= 0.6 is 11.6 Å². The second-order valence-electron chi connectivity index (χ2n) is 4.81. The van der Waals surface area contributed by atoms with Crippen molar-refractivity contribution < 1.29 is 13.2 Å². The number of benzene rings is 1. The molecule has 1 aromatic rings. The Labute approximate surface area is 110 Å². The minimum Gasteiger partial charge on any atom is -0.374 e. The maximum atomic E-state index is 13.0. The summed E-state index contributed by atoms with van der Waals surface area (Å²) >= 11 is 5.59. The third kappa shape index (κ3) is 3.10. The third-order valence-electron chi connectivity index (χ3n) is 3.16. The molecule has 0 heterocycles. The highest BCUT2D eigenvalue weighted by Crippen LogP contribution is 2.39. The third-order valence-corrected chi connectivity index (χ3v) is 3.47. The zero-order chi connectivity index (χ0) is 13.3. The van der Waals surface area contributed by atoms with Crippen LogP contribution < -0.4 is 4.90 Å². The van der Waals surface area contributed by atoms with Crippen LogP contribution in [0, 0.1) is 5.92 Å². The van der Waals surface area contributed by atoms with Crippen LogP contribution in [0.25, 0.3) is 0 Å². The fourth-order valence-corrected chi connectivity index (χ4v) is 2.18. The summed E-state index contributed by atoms with van der Waals surface area (Å²) in [6.07, 6.45) is -2.11. The molecule has 1 nitrogen and oxygen atoms in total. The summed E-state index contributed by atoms with van der Waals surface area (Å²) < 4.78 is 39.0. The van der Waals surface area contributed by atoms with Crippen LogP contribution in [-0.2, 0) is 12.1 Å². The molecule has 0 amide bonds. The van der Waals surface area contributed by atoms with Crippen LogP contribution in [0.4, 0.5) is 18.9 Å². The molecular formula is C13H15ClF3N. The first-order valence-corrected chi connectivity index (χ1v) is 6.42. The van der Waals surface area contributed by atoms with Gasteiger partial charge in [-0.15, -0.1) is 11.6 Å². The van der Waals surface area contributed by atoms with Gasteiger partial charge in [0.2, 0.25) is 0 Å². The van der Waals surface area contributed by atoms with Crippen LogP contribution in [0.3, 0.4) is 0 Å². The zero-order valence-corrected chi connectivity index (χ0v) is 10.9. The van der Waals surface area contributed by atoms with Gasteiger partial charge in [-0.2, -0.15) is 13.2 Å². The van der Waals surface area contributed by atoms with E-state index in [0.29, 0.717) is 18.0 Å². The smallest absolute Gasteiger partial charge is 0.374 e. The molecule has 0 aromatic heterocycles. The zero-order valence-electron chi connectivity index (χ0n) is 10.1. The molecular weight excluding hydrogens is 263 g/mol. The number of rotatable bonds is 4. The Morgan fingerprint density at radius 1 is 1.33 bits per heavy atom. The normalized spacial score (nSPS) is 15.8. The second kappa shape index (κ2) is 5.00. The first-order chi connectivity index (χ1) is 8.41. The summed E-state index contributed by atoms with van der Waals surface area (Å²) in [5.41, 5.74) is 0.139. The van der Waals surface area contributed by atoms with E-state index in [1.165, 1.54) is 6.07 Å². The van der Waals surface area contributed by atoms with Gasteiger partial charge in [-0.1, -0.05) is 6.07 Å². The molecule has 1 aromatic carbocycles. The molecule has 18 heavy (non-hydrogen) atoms. The lowest BCUT2D eigenvalue weighted by Crippen LogP contribution is -2.23. The summed E-state index contributed by atoms with van der Waals surface area (Å²) in [6.45, 7) is 0.684.